The fourth-order valence-electron chi connectivity index (χ4n) is 1.16. The predicted octanol–water partition coefficient (Wildman–Crippen LogP) is 1.94. The number of para-hydroxylation sites is 1. The van der Waals surface area contributed by atoms with Crippen LogP contribution in [0.3, 0.4) is 0 Å². The van der Waals surface area contributed by atoms with Gasteiger partial charge in [-0.3, -0.25) is 0 Å². The second-order valence-electron chi connectivity index (χ2n) is 3.09. The van der Waals surface area contributed by atoms with Crippen LogP contribution in [0.15, 0.2) is 24.3 Å². The van der Waals surface area contributed by atoms with Crippen molar-refractivity contribution in [2.75, 3.05) is 18.5 Å². The lowest BCUT2D eigenvalue weighted by Crippen LogP contribution is -2.23. The van der Waals surface area contributed by atoms with Gasteiger partial charge in [0.2, 0.25) is 0 Å². The smallest absolute Gasteiger partial charge is 0.146 e. The SMILES string of the molecule is CN(CCC(N)=S)c1ccccc1F. The summed E-state index contributed by atoms with van der Waals surface area (Å²) in [6, 6.07) is 6.64. The Morgan fingerprint density at radius 1 is 1.50 bits per heavy atom. The zero-order valence-electron chi connectivity index (χ0n) is 8.03. The van der Waals surface area contributed by atoms with E-state index < -0.39 is 0 Å². The first-order chi connectivity index (χ1) is 6.61. The molecule has 0 saturated heterocycles. The molecule has 0 unspecified atom stereocenters. The third-order valence-electron chi connectivity index (χ3n) is 1.96. The minimum atomic E-state index is -0.224. The highest BCUT2D eigenvalue weighted by Gasteiger charge is 2.05. The summed E-state index contributed by atoms with van der Waals surface area (Å²) >= 11 is 4.75. The van der Waals surface area contributed by atoms with E-state index in [0.29, 0.717) is 23.6 Å². The zero-order chi connectivity index (χ0) is 10.6. The Labute approximate surface area is 88.5 Å². The van der Waals surface area contributed by atoms with Gasteiger partial charge in [-0.1, -0.05) is 24.4 Å². The number of thiocarbonyl (C=S) groups is 1. The van der Waals surface area contributed by atoms with Gasteiger partial charge in [-0.05, 0) is 12.1 Å². The summed E-state index contributed by atoms with van der Waals surface area (Å²) in [4.78, 5) is 2.25. The molecule has 0 aliphatic rings. The highest BCUT2D eigenvalue weighted by Crippen LogP contribution is 2.16. The monoisotopic (exact) mass is 212 g/mol. The minimum Gasteiger partial charge on any atom is -0.393 e. The van der Waals surface area contributed by atoms with Crippen molar-refractivity contribution in [3.8, 4) is 0 Å². The van der Waals surface area contributed by atoms with Gasteiger partial charge in [0, 0.05) is 20.0 Å². The number of nitrogens with two attached hydrogens (primary N) is 1. The van der Waals surface area contributed by atoms with Gasteiger partial charge in [-0.15, -0.1) is 0 Å². The lowest BCUT2D eigenvalue weighted by molar-refractivity contribution is 0.623. The lowest BCUT2D eigenvalue weighted by Gasteiger charge is -2.19. The molecule has 4 heteroatoms. The van der Waals surface area contributed by atoms with Crippen molar-refractivity contribution < 1.29 is 4.39 Å². The number of hydrogen-bond acceptors (Lipinski definition) is 2. The summed E-state index contributed by atoms with van der Waals surface area (Å²) in [6.45, 7) is 0.635. The summed E-state index contributed by atoms with van der Waals surface area (Å²) in [7, 11) is 1.82. The molecule has 2 nitrogen and oxygen atoms in total. The maximum Gasteiger partial charge on any atom is 0.146 e. The average Bonchev–Trinajstić information content (AvgIpc) is 2.15. The molecule has 0 aliphatic carbocycles. The number of hydrogen-bond donors (Lipinski definition) is 1. The normalized spacial score (nSPS) is 9.86. The Morgan fingerprint density at radius 3 is 2.71 bits per heavy atom. The van der Waals surface area contributed by atoms with Gasteiger partial charge in [0.1, 0.15) is 5.82 Å². The van der Waals surface area contributed by atoms with Crippen molar-refractivity contribution in [1.82, 2.24) is 0 Å². The van der Waals surface area contributed by atoms with E-state index in [1.807, 2.05) is 7.05 Å². The standard InChI is InChI=1S/C10H13FN2S/c1-13(7-6-10(12)14)9-5-3-2-4-8(9)11/h2-5H,6-7H2,1H3,(H2,12,14). The molecule has 1 aromatic rings. The molecule has 76 valence electrons. The Morgan fingerprint density at radius 2 is 2.14 bits per heavy atom. The minimum absolute atomic E-state index is 0.224. The molecule has 0 fully saturated rings. The van der Waals surface area contributed by atoms with Crippen molar-refractivity contribution in [1.29, 1.82) is 0 Å². The summed E-state index contributed by atoms with van der Waals surface area (Å²) in [5.41, 5.74) is 5.94. The molecule has 0 atom stereocenters. The van der Waals surface area contributed by atoms with Crippen LogP contribution in [0, 0.1) is 5.82 Å². The summed E-state index contributed by atoms with van der Waals surface area (Å²) < 4.78 is 13.3. The number of rotatable bonds is 4. The number of halogens is 1. The molecule has 1 aromatic carbocycles. The molecule has 0 aliphatic heterocycles. The van der Waals surface area contributed by atoms with Crippen LogP contribution in [0.25, 0.3) is 0 Å². The lowest BCUT2D eigenvalue weighted by atomic mass is 10.2. The Bertz CT molecular complexity index is 328. The molecule has 1 rings (SSSR count). The van der Waals surface area contributed by atoms with Crippen molar-refractivity contribution in [3.05, 3.63) is 30.1 Å². The van der Waals surface area contributed by atoms with Crippen molar-refractivity contribution in [3.63, 3.8) is 0 Å². The number of benzene rings is 1. The van der Waals surface area contributed by atoms with Crippen LogP contribution in [0.1, 0.15) is 6.42 Å². The van der Waals surface area contributed by atoms with Crippen LogP contribution in [0.5, 0.6) is 0 Å². The second-order valence-corrected chi connectivity index (χ2v) is 3.61. The second kappa shape index (κ2) is 4.91. The van der Waals surface area contributed by atoms with Gasteiger partial charge >= 0.3 is 0 Å². The molecule has 0 saturated carbocycles. The number of nitrogens with zero attached hydrogens (tertiary/aromatic N) is 1. The largest absolute Gasteiger partial charge is 0.393 e. The van der Waals surface area contributed by atoms with E-state index in [1.54, 1.807) is 23.1 Å². The molecule has 0 aromatic heterocycles. The van der Waals surface area contributed by atoms with Crippen LogP contribution in [0.4, 0.5) is 10.1 Å². The van der Waals surface area contributed by atoms with Crippen LogP contribution < -0.4 is 10.6 Å². The Balaban J connectivity index is 2.65. The Kier molecular flexibility index (Phi) is 3.83. The first-order valence-electron chi connectivity index (χ1n) is 4.35. The van der Waals surface area contributed by atoms with Crippen LogP contribution in [-0.2, 0) is 0 Å². The highest BCUT2D eigenvalue weighted by molar-refractivity contribution is 7.80. The fraction of sp³-hybridized carbons (Fsp3) is 0.300. The number of anilines is 1. The van der Waals surface area contributed by atoms with E-state index in [2.05, 4.69) is 0 Å². The fourth-order valence-corrected chi connectivity index (χ4v) is 1.25. The molecule has 0 bridgehead atoms. The van der Waals surface area contributed by atoms with Gasteiger partial charge < -0.3 is 10.6 Å². The summed E-state index contributed by atoms with van der Waals surface area (Å²) in [5.74, 6) is -0.224. The van der Waals surface area contributed by atoms with Gasteiger partial charge in [0.25, 0.3) is 0 Å². The van der Waals surface area contributed by atoms with Gasteiger partial charge in [0.05, 0.1) is 10.7 Å². The first kappa shape index (κ1) is 10.9. The van der Waals surface area contributed by atoms with Gasteiger partial charge in [0.15, 0.2) is 0 Å². The third-order valence-corrected chi connectivity index (χ3v) is 2.16. The van der Waals surface area contributed by atoms with Crippen LogP contribution in [-0.4, -0.2) is 18.6 Å². The van der Waals surface area contributed by atoms with E-state index >= 15 is 0 Å². The third kappa shape index (κ3) is 2.96. The molecule has 0 amide bonds. The molecular weight excluding hydrogens is 199 g/mol. The van der Waals surface area contributed by atoms with Crippen LogP contribution in [0.2, 0.25) is 0 Å². The Hall–Kier alpha value is -1.16. The first-order valence-corrected chi connectivity index (χ1v) is 4.76. The van der Waals surface area contributed by atoms with Crippen molar-refractivity contribution in [2.24, 2.45) is 5.73 Å². The van der Waals surface area contributed by atoms with Crippen molar-refractivity contribution >= 4 is 22.9 Å². The predicted molar refractivity (Wildman–Crippen MR) is 61.1 cm³/mol. The molecule has 0 spiro atoms. The van der Waals surface area contributed by atoms with Gasteiger partial charge in [-0.2, -0.15) is 0 Å². The summed E-state index contributed by atoms with van der Waals surface area (Å²) in [5, 5.41) is 0. The van der Waals surface area contributed by atoms with E-state index in [-0.39, 0.29) is 5.82 Å². The quantitative estimate of drug-likeness (QED) is 0.773. The molecule has 2 N–H and O–H groups in total. The maximum absolute atomic E-state index is 13.3. The molecule has 0 heterocycles. The zero-order valence-corrected chi connectivity index (χ0v) is 8.85. The van der Waals surface area contributed by atoms with Gasteiger partial charge in [-0.25, -0.2) is 4.39 Å². The van der Waals surface area contributed by atoms with E-state index in [0.717, 1.165) is 0 Å². The highest BCUT2D eigenvalue weighted by atomic mass is 32.1. The molecule has 14 heavy (non-hydrogen) atoms. The summed E-state index contributed by atoms with van der Waals surface area (Å²) in [6.07, 6.45) is 0.597. The molecular formula is C10H13FN2S. The van der Waals surface area contributed by atoms with Crippen LogP contribution >= 0.6 is 12.2 Å². The van der Waals surface area contributed by atoms with E-state index in [9.17, 15) is 4.39 Å². The topological polar surface area (TPSA) is 29.3 Å². The van der Waals surface area contributed by atoms with Crippen molar-refractivity contribution in [2.45, 2.75) is 6.42 Å². The molecule has 0 radical (unpaired) electrons. The maximum atomic E-state index is 13.3. The van der Waals surface area contributed by atoms with E-state index in [4.69, 9.17) is 18.0 Å². The average molecular weight is 212 g/mol. The van der Waals surface area contributed by atoms with E-state index in [1.165, 1.54) is 6.07 Å².